The van der Waals surface area contributed by atoms with E-state index >= 15 is 0 Å². The average molecular weight is 503 g/mol. The minimum atomic E-state index is -0.661. The van der Waals surface area contributed by atoms with Crippen LogP contribution >= 0.6 is 11.9 Å². The molecule has 0 amide bonds. The van der Waals surface area contributed by atoms with Crippen molar-refractivity contribution in [2.75, 3.05) is 11.8 Å². The number of nitrogens with one attached hydrogen (secondary N) is 1. The lowest BCUT2D eigenvalue weighted by atomic mass is 9.98. The number of pyridine rings is 3. The van der Waals surface area contributed by atoms with Gasteiger partial charge in [-0.25, -0.2) is 13.8 Å². The molecule has 0 saturated heterocycles. The van der Waals surface area contributed by atoms with Crippen LogP contribution in [0.5, 0.6) is 5.88 Å². The van der Waals surface area contributed by atoms with E-state index in [1.54, 1.807) is 24.7 Å². The Hall–Kier alpha value is -4.08. The molecule has 5 rings (SSSR count). The normalized spacial score (nSPS) is 11.0. The highest BCUT2D eigenvalue weighted by Gasteiger charge is 2.12. The van der Waals surface area contributed by atoms with Crippen molar-refractivity contribution < 1.29 is 18.6 Å². The number of methoxy groups -OCH3 is 1. The van der Waals surface area contributed by atoms with Crippen LogP contribution in [0.3, 0.4) is 0 Å². The molecule has 2 aromatic carbocycles. The first kappa shape index (κ1) is 23.7. The van der Waals surface area contributed by atoms with Crippen molar-refractivity contribution in [2.24, 2.45) is 0 Å². The van der Waals surface area contributed by atoms with Gasteiger partial charge in [0.05, 0.1) is 29.8 Å². The second kappa shape index (κ2) is 10.3. The van der Waals surface area contributed by atoms with Crippen molar-refractivity contribution in [1.29, 1.82) is 0 Å². The third kappa shape index (κ3) is 4.84. The Kier molecular flexibility index (Phi) is 6.75. The molecule has 0 unspecified atom stereocenters. The smallest absolute Gasteiger partial charge is 0.237 e. The van der Waals surface area contributed by atoms with Crippen LogP contribution in [0.1, 0.15) is 5.69 Å². The lowest BCUT2D eigenvalue weighted by Crippen LogP contribution is -1.97. The summed E-state index contributed by atoms with van der Waals surface area (Å²) in [5.41, 5.74) is 5.53. The van der Waals surface area contributed by atoms with Crippen molar-refractivity contribution in [3.05, 3.63) is 96.6 Å². The van der Waals surface area contributed by atoms with Crippen LogP contribution in [0.2, 0.25) is 0 Å². The van der Waals surface area contributed by atoms with Gasteiger partial charge in [0.2, 0.25) is 5.88 Å². The van der Waals surface area contributed by atoms with E-state index in [0.29, 0.717) is 17.3 Å². The van der Waals surface area contributed by atoms with E-state index in [4.69, 9.17) is 4.74 Å². The number of aromatic nitrogens is 3. The summed E-state index contributed by atoms with van der Waals surface area (Å²) in [4.78, 5) is 13.4. The molecule has 36 heavy (non-hydrogen) atoms. The summed E-state index contributed by atoms with van der Waals surface area (Å²) < 4.78 is 35.7. The molecule has 180 valence electrons. The number of halogens is 2. The van der Waals surface area contributed by atoms with Crippen LogP contribution in [-0.4, -0.2) is 27.2 Å². The van der Waals surface area contributed by atoms with Crippen molar-refractivity contribution in [1.82, 2.24) is 15.0 Å². The number of hydrogen-bond donors (Lipinski definition) is 2. The molecule has 0 aliphatic carbocycles. The van der Waals surface area contributed by atoms with Gasteiger partial charge < -0.3 is 14.6 Å². The Morgan fingerprint density at radius 2 is 1.72 bits per heavy atom. The Labute approximate surface area is 210 Å². The van der Waals surface area contributed by atoms with Gasteiger partial charge in [0, 0.05) is 41.2 Å². The monoisotopic (exact) mass is 502 g/mol. The molecule has 0 atom stereocenters. The summed E-state index contributed by atoms with van der Waals surface area (Å²) in [7, 11) is 1.50. The van der Waals surface area contributed by atoms with Crippen LogP contribution < -0.4 is 9.46 Å². The summed E-state index contributed by atoms with van der Waals surface area (Å²) >= 11 is 1.00. The fourth-order valence-corrected chi connectivity index (χ4v) is 4.43. The van der Waals surface area contributed by atoms with E-state index in [-0.39, 0.29) is 11.5 Å². The maximum absolute atomic E-state index is 14.1. The first-order valence-corrected chi connectivity index (χ1v) is 11.7. The number of hydrogen-bond acceptors (Lipinski definition) is 7. The summed E-state index contributed by atoms with van der Waals surface area (Å²) in [6.45, 7) is -0.117. The number of anilines is 1. The SMILES string of the molecule is COc1ncc(-c2ccc3nccc(-c4ccc(CO)nc4)c3c2)cc1NSc1ccc(F)cc1F. The van der Waals surface area contributed by atoms with E-state index in [2.05, 4.69) is 19.7 Å². The second-order valence-electron chi connectivity index (χ2n) is 7.85. The number of aliphatic hydroxyl groups excluding tert-OH is 1. The van der Waals surface area contributed by atoms with Gasteiger partial charge in [0.15, 0.2) is 0 Å². The van der Waals surface area contributed by atoms with Gasteiger partial charge in [-0.05, 0) is 65.5 Å². The minimum Gasteiger partial charge on any atom is -0.480 e. The number of rotatable bonds is 7. The summed E-state index contributed by atoms with van der Waals surface area (Å²) in [6.07, 6.45) is 5.18. The first-order valence-electron chi connectivity index (χ1n) is 10.9. The molecule has 2 N–H and O–H groups in total. The highest BCUT2D eigenvalue weighted by Crippen LogP contribution is 2.35. The molecule has 0 spiro atoms. The van der Waals surface area contributed by atoms with Gasteiger partial charge in [-0.3, -0.25) is 9.97 Å². The van der Waals surface area contributed by atoms with Crippen LogP contribution in [0, 0.1) is 11.6 Å². The molecule has 0 saturated carbocycles. The zero-order chi connectivity index (χ0) is 25.1. The van der Waals surface area contributed by atoms with E-state index in [0.717, 1.165) is 51.2 Å². The average Bonchev–Trinajstić information content (AvgIpc) is 2.92. The summed E-state index contributed by atoms with van der Waals surface area (Å²) in [5.74, 6) is -0.956. The third-order valence-corrected chi connectivity index (χ3v) is 6.45. The quantitative estimate of drug-likeness (QED) is 0.254. The van der Waals surface area contributed by atoms with E-state index in [1.165, 1.54) is 19.2 Å². The number of ether oxygens (including phenoxy) is 1. The fourth-order valence-electron chi connectivity index (χ4n) is 3.77. The maximum atomic E-state index is 14.1. The maximum Gasteiger partial charge on any atom is 0.237 e. The minimum absolute atomic E-state index is 0.117. The van der Waals surface area contributed by atoms with Crippen LogP contribution in [-0.2, 0) is 6.61 Å². The zero-order valence-corrected chi connectivity index (χ0v) is 19.9. The molecule has 0 bridgehead atoms. The van der Waals surface area contributed by atoms with Gasteiger partial charge in [-0.15, -0.1) is 0 Å². The van der Waals surface area contributed by atoms with Crippen molar-refractivity contribution in [3.8, 4) is 28.1 Å². The second-order valence-corrected chi connectivity index (χ2v) is 8.69. The number of fused-ring (bicyclic) bond motifs is 1. The van der Waals surface area contributed by atoms with Crippen molar-refractivity contribution in [3.63, 3.8) is 0 Å². The molecule has 0 aliphatic heterocycles. The number of benzene rings is 2. The molecule has 3 aromatic heterocycles. The van der Waals surface area contributed by atoms with Gasteiger partial charge >= 0.3 is 0 Å². The number of nitrogens with zero attached hydrogens (tertiary/aromatic N) is 3. The lowest BCUT2D eigenvalue weighted by molar-refractivity contribution is 0.277. The predicted molar refractivity (Wildman–Crippen MR) is 137 cm³/mol. The van der Waals surface area contributed by atoms with Crippen molar-refractivity contribution in [2.45, 2.75) is 11.5 Å². The standard InChI is InChI=1S/C27H20F2N4O2S/c1-35-27-25(33-36-26-7-4-19(28)12-23(26)29)11-18(14-32-27)16-3-6-24-22(10-16)21(8-9-30-24)17-2-5-20(15-34)31-13-17/h2-14,33-34H,15H2,1H3. The van der Waals surface area contributed by atoms with Crippen LogP contribution in [0.15, 0.2) is 84.1 Å². The number of aliphatic hydroxyl groups is 1. The van der Waals surface area contributed by atoms with Crippen molar-refractivity contribution >= 4 is 28.5 Å². The highest BCUT2D eigenvalue weighted by molar-refractivity contribution is 8.00. The van der Waals surface area contributed by atoms with E-state index in [1.807, 2.05) is 36.4 Å². The Bertz CT molecular complexity index is 1550. The Morgan fingerprint density at radius 3 is 2.47 bits per heavy atom. The first-order chi connectivity index (χ1) is 17.6. The summed E-state index contributed by atoms with van der Waals surface area (Å²) in [6, 6.07) is 16.8. The Morgan fingerprint density at radius 1 is 0.889 bits per heavy atom. The molecule has 0 radical (unpaired) electrons. The van der Waals surface area contributed by atoms with Crippen LogP contribution in [0.4, 0.5) is 14.5 Å². The zero-order valence-electron chi connectivity index (χ0n) is 19.1. The highest BCUT2D eigenvalue weighted by atomic mass is 32.2. The van der Waals surface area contributed by atoms with Gasteiger partial charge in [-0.1, -0.05) is 12.1 Å². The molecular weight excluding hydrogens is 482 g/mol. The third-order valence-electron chi connectivity index (χ3n) is 5.58. The molecule has 3 heterocycles. The topological polar surface area (TPSA) is 80.2 Å². The summed E-state index contributed by atoms with van der Waals surface area (Å²) in [5, 5.41) is 10.2. The van der Waals surface area contributed by atoms with E-state index < -0.39 is 11.6 Å². The molecule has 5 aromatic rings. The van der Waals surface area contributed by atoms with Gasteiger partial charge in [-0.2, -0.15) is 0 Å². The van der Waals surface area contributed by atoms with Crippen LogP contribution in [0.25, 0.3) is 33.2 Å². The predicted octanol–water partition coefficient (Wildman–Crippen LogP) is 6.26. The largest absolute Gasteiger partial charge is 0.480 e. The molecule has 0 aliphatic rings. The van der Waals surface area contributed by atoms with Gasteiger partial charge in [0.1, 0.15) is 17.3 Å². The van der Waals surface area contributed by atoms with E-state index in [9.17, 15) is 13.9 Å². The molecule has 9 heteroatoms. The molecular formula is C27H20F2N4O2S. The van der Waals surface area contributed by atoms with Gasteiger partial charge in [0.25, 0.3) is 0 Å². The Balaban J connectivity index is 1.50. The lowest BCUT2D eigenvalue weighted by Gasteiger charge is -2.13. The fraction of sp³-hybridized carbons (Fsp3) is 0.0741. The molecule has 0 fully saturated rings. The molecule has 6 nitrogen and oxygen atoms in total.